The zero-order chi connectivity index (χ0) is 16.5. The number of para-hydroxylation sites is 2. The summed E-state index contributed by atoms with van der Waals surface area (Å²) in [6.07, 6.45) is 4.60. The van der Waals surface area contributed by atoms with E-state index >= 15 is 0 Å². The van der Waals surface area contributed by atoms with Crippen LogP contribution >= 0.6 is 0 Å². The highest BCUT2D eigenvalue weighted by molar-refractivity contribution is 6.39. The Morgan fingerprint density at radius 3 is 2.78 bits per heavy atom. The van der Waals surface area contributed by atoms with E-state index in [0.717, 1.165) is 0 Å². The number of pyridine rings is 1. The van der Waals surface area contributed by atoms with Gasteiger partial charge in [0.2, 0.25) is 0 Å². The van der Waals surface area contributed by atoms with Gasteiger partial charge in [0.05, 0.1) is 18.5 Å². The number of nitrogens with zero attached hydrogens (tertiary/aromatic N) is 2. The lowest BCUT2D eigenvalue weighted by Gasteiger charge is -2.10. The summed E-state index contributed by atoms with van der Waals surface area (Å²) in [6, 6.07) is 10.4. The van der Waals surface area contributed by atoms with E-state index in [1.54, 1.807) is 48.8 Å². The Balaban J connectivity index is 1.93. The molecule has 2 rings (SSSR count). The molecule has 1 heterocycles. The number of anilines is 1. The van der Waals surface area contributed by atoms with Gasteiger partial charge in [-0.25, -0.2) is 5.43 Å². The molecule has 23 heavy (non-hydrogen) atoms. The topological polar surface area (TPSA) is 92.7 Å². The monoisotopic (exact) mass is 312 g/mol. The zero-order valence-electron chi connectivity index (χ0n) is 12.5. The molecule has 0 fully saturated rings. The number of hydrogen-bond donors (Lipinski definition) is 2. The van der Waals surface area contributed by atoms with Crippen LogP contribution in [0, 0.1) is 0 Å². The van der Waals surface area contributed by atoms with Gasteiger partial charge < -0.3 is 10.1 Å². The predicted molar refractivity (Wildman–Crippen MR) is 86.2 cm³/mol. The fourth-order valence-electron chi connectivity index (χ4n) is 1.70. The lowest BCUT2D eigenvalue weighted by Crippen LogP contribution is -2.32. The molecule has 2 aromatic rings. The van der Waals surface area contributed by atoms with Gasteiger partial charge in [-0.2, -0.15) is 5.10 Å². The third-order valence-electron chi connectivity index (χ3n) is 2.71. The first kappa shape index (κ1) is 16.2. The minimum atomic E-state index is -0.878. The molecule has 0 radical (unpaired) electrons. The van der Waals surface area contributed by atoms with Crippen molar-refractivity contribution in [1.82, 2.24) is 10.4 Å². The van der Waals surface area contributed by atoms with Crippen LogP contribution in [0.2, 0.25) is 0 Å². The van der Waals surface area contributed by atoms with Gasteiger partial charge in [0.25, 0.3) is 0 Å². The normalized spacial score (nSPS) is 10.3. The van der Waals surface area contributed by atoms with E-state index in [9.17, 15) is 9.59 Å². The van der Waals surface area contributed by atoms with Gasteiger partial charge in [0, 0.05) is 18.0 Å². The molecule has 0 unspecified atom stereocenters. The second kappa shape index (κ2) is 8.28. The number of nitrogens with one attached hydrogen (secondary N) is 2. The van der Waals surface area contributed by atoms with Crippen LogP contribution in [0.1, 0.15) is 12.5 Å². The Morgan fingerprint density at radius 1 is 1.22 bits per heavy atom. The molecular formula is C16H16N4O3. The molecule has 0 saturated carbocycles. The van der Waals surface area contributed by atoms with Crippen LogP contribution in [0.5, 0.6) is 5.75 Å². The third kappa shape index (κ3) is 4.92. The minimum absolute atomic E-state index is 0.422. The summed E-state index contributed by atoms with van der Waals surface area (Å²) in [6.45, 7) is 2.28. The Labute approximate surface area is 133 Å². The second-order valence-electron chi connectivity index (χ2n) is 4.37. The van der Waals surface area contributed by atoms with Gasteiger partial charge in [-0.15, -0.1) is 0 Å². The Morgan fingerprint density at radius 2 is 2.04 bits per heavy atom. The molecule has 0 bridgehead atoms. The molecule has 1 aromatic carbocycles. The fourth-order valence-corrected chi connectivity index (χ4v) is 1.70. The summed E-state index contributed by atoms with van der Waals surface area (Å²) in [5.41, 5.74) is 3.28. The Kier molecular flexibility index (Phi) is 5.81. The molecule has 7 nitrogen and oxygen atoms in total. The van der Waals surface area contributed by atoms with Gasteiger partial charge in [0.15, 0.2) is 0 Å². The summed E-state index contributed by atoms with van der Waals surface area (Å²) >= 11 is 0. The van der Waals surface area contributed by atoms with Crippen molar-refractivity contribution in [2.75, 3.05) is 11.9 Å². The molecule has 2 amide bonds. The van der Waals surface area contributed by atoms with Crippen LogP contribution in [0.3, 0.4) is 0 Å². The minimum Gasteiger partial charge on any atom is -0.492 e. The standard InChI is InChI=1S/C16H16N4O3/c1-2-23-14-8-4-3-7-13(14)19-15(21)16(22)20-18-11-12-6-5-9-17-10-12/h3-11H,2H2,1H3,(H,19,21)(H,20,22)/b18-11-. The maximum atomic E-state index is 11.8. The molecule has 0 saturated heterocycles. The number of carbonyl (C=O) groups excluding carboxylic acids is 2. The largest absolute Gasteiger partial charge is 0.492 e. The lowest BCUT2D eigenvalue weighted by molar-refractivity contribution is -0.136. The average Bonchev–Trinajstić information content (AvgIpc) is 2.57. The number of rotatable bonds is 5. The van der Waals surface area contributed by atoms with Crippen molar-refractivity contribution in [2.45, 2.75) is 6.92 Å². The molecule has 0 aliphatic heterocycles. The van der Waals surface area contributed by atoms with Crippen LogP contribution in [-0.2, 0) is 9.59 Å². The number of hydrogen-bond acceptors (Lipinski definition) is 5. The van der Waals surface area contributed by atoms with Crippen LogP contribution in [0.4, 0.5) is 5.69 Å². The van der Waals surface area contributed by atoms with E-state index in [1.165, 1.54) is 6.21 Å². The number of benzene rings is 1. The molecule has 0 spiro atoms. The van der Waals surface area contributed by atoms with Gasteiger partial charge in [-0.3, -0.25) is 14.6 Å². The van der Waals surface area contributed by atoms with Crippen molar-refractivity contribution in [3.8, 4) is 5.75 Å². The molecule has 2 N–H and O–H groups in total. The van der Waals surface area contributed by atoms with Gasteiger partial charge >= 0.3 is 11.8 Å². The molecule has 118 valence electrons. The maximum absolute atomic E-state index is 11.8. The second-order valence-corrected chi connectivity index (χ2v) is 4.37. The third-order valence-corrected chi connectivity index (χ3v) is 2.71. The number of aromatic nitrogens is 1. The summed E-state index contributed by atoms with van der Waals surface area (Å²) < 4.78 is 5.37. The smallest absolute Gasteiger partial charge is 0.329 e. The van der Waals surface area contributed by atoms with Crippen molar-refractivity contribution in [3.05, 3.63) is 54.4 Å². The van der Waals surface area contributed by atoms with Crippen molar-refractivity contribution in [3.63, 3.8) is 0 Å². The summed E-state index contributed by atoms with van der Waals surface area (Å²) in [7, 11) is 0. The Bertz CT molecular complexity index is 701. The van der Waals surface area contributed by atoms with E-state index in [2.05, 4.69) is 20.8 Å². The van der Waals surface area contributed by atoms with Crippen molar-refractivity contribution in [1.29, 1.82) is 0 Å². The van der Waals surface area contributed by atoms with Crippen LogP contribution in [0.25, 0.3) is 0 Å². The Hall–Kier alpha value is -3.22. The van der Waals surface area contributed by atoms with Crippen LogP contribution in [0.15, 0.2) is 53.9 Å². The van der Waals surface area contributed by atoms with Crippen LogP contribution in [-0.4, -0.2) is 29.6 Å². The predicted octanol–water partition coefficient (Wildman–Crippen LogP) is 1.57. The fraction of sp³-hybridized carbons (Fsp3) is 0.125. The van der Waals surface area contributed by atoms with E-state index in [0.29, 0.717) is 23.6 Å². The number of carbonyl (C=O) groups is 2. The van der Waals surface area contributed by atoms with E-state index in [-0.39, 0.29) is 0 Å². The molecule has 0 aliphatic rings. The number of ether oxygens (including phenoxy) is 1. The number of hydrazone groups is 1. The molecule has 7 heteroatoms. The van der Waals surface area contributed by atoms with Gasteiger partial charge in [-0.1, -0.05) is 18.2 Å². The van der Waals surface area contributed by atoms with E-state index in [1.807, 2.05) is 6.92 Å². The summed E-state index contributed by atoms with van der Waals surface area (Å²) in [5, 5.41) is 6.19. The summed E-state index contributed by atoms with van der Waals surface area (Å²) in [4.78, 5) is 27.5. The first-order chi connectivity index (χ1) is 11.2. The lowest BCUT2D eigenvalue weighted by atomic mass is 10.3. The molecule has 1 aromatic heterocycles. The maximum Gasteiger partial charge on any atom is 0.329 e. The van der Waals surface area contributed by atoms with Crippen molar-refractivity contribution < 1.29 is 14.3 Å². The van der Waals surface area contributed by atoms with Crippen molar-refractivity contribution in [2.24, 2.45) is 5.10 Å². The molecule has 0 aliphatic carbocycles. The van der Waals surface area contributed by atoms with E-state index in [4.69, 9.17) is 4.74 Å². The number of amides is 2. The first-order valence-electron chi connectivity index (χ1n) is 6.97. The average molecular weight is 312 g/mol. The highest BCUT2D eigenvalue weighted by Gasteiger charge is 2.14. The SMILES string of the molecule is CCOc1ccccc1NC(=O)C(=O)N/N=C\c1cccnc1. The zero-order valence-corrected chi connectivity index (χ0v) is 12.5. The molecule has 0 atom stereocenters. The van der Waals surface area contributed by atoms with Crippen molar-refractivity contribution >= 4 is 23.7 Å². The van der Waals surface area contributed by atoms with Gasteiger partial charge in [-0.05, 0) is 25.1 Å². The highest BCUT2D eigenvalue weighted by Crippen LogP contribution is 2.23. The van der Waals surface area contributed by atoms with Crippen LogP contribution < -0.4 is 15.5 Å². The first-order valence-corrected chi connectivity index (χ1v) is 6.97. The quantitative estimate of drug-likeness (QED) is 0.498. The van der Waals surface area contributed by atoms with Gasteiger partial charge in [0.1, 0.15) is 5.75 Å². The summed E-state index contributed by atoms with van der Waals surface area (Å²) in [5.74, 6) is -1.22. The van der Waals surface area contributed by atoms with E-state index < -0.39 is 11.8 Å². The molecular weight excluding hydrogens is 296 g/mol. The highest BCUT2D eigenvalue weighted by atomic mass is 16.5.